The Bertz CT molecular complexity index is 1300. The highest BCUT2D eigenvalue weighted by Crippen LogP contribution is 2.31. The highest BCUT2D eigenvalue weighted by Gasteiger charge is 2.36. The highest BCUT2D eigenvalue weighted by molar-refractivity contribution is 6.34. The first kappa shape index (κ1) is 21.0. The van der Waals surface area contributed by atoms with Crippen LogP contribution in [0.15, 0.2) is 59.2 Å². The van der Waals surface area contributed by atoms with E-state index in [0.29, 0.717) is 35.1 Å². The first-order valence-electron chi connectivity index (χ1n) is 10.4. The fourth-order valence-electron chi connectivity index (χ4n) is 4.03. The molecule has 0 radical (unpaired) electrons. The number of imide groups is 1. The standard InChI is InChI=1S/C24H18ClN3O5/c25-19-8-6-15(27-9-1-4-21(27)29)12-20(19)26-22(30)14-5-7-17-18(11-14)24(32)28(23(17)31)13-16-3-2-10-33-16/h2-3,5-8,10-12H,1,4,9,13H2,(H,26,30). The van der Waals surface area contributed by atoms with Gasteiger partial charge >= 0.3 is 0 Å². The van der Waals surface area contributed by atoms with Crippen molar-refractivity contribution in [1.82, 2.24) is 4.90 Å². The summed E-state index contributed by atoms with van der Waals surface area (Å²) < 4.78 is 5.24. The van der Waals surface area contributed by atoms with Crippen LogP contribution in [0.2, 0.25) is 5.02 Å². The number of furan rings is 1. The number of rotatable bonds is 5. The fraction of sp³-hybridized carbons (Fsp3) is 0.167. The molecule has 5 rings (SSSR count). The zero-order valence-corrected chi connectivity index (χ0v) is 18.1. The van der Waals surface area contributed by atoms with Crippen molar-refractivity contribution in [3.8, 4) is 0 Å². The molecule has 0 spiro atoms. The molecule has 1 saturated heterocycles. The molecule has 2 aromatic carbocycles. The van der Waals surface area contributed by atoms with E-state index in [1.165, 1.54) is 24.5 Å². The molecule has 3 heterocycles. The Labute approximate surface area is 193 Å². The Morgan fingerprint density at radius 1 is 1.03 bits per heavy atom. The van der Waals surface area contributed by atoms with E-state index in [9.17, 15) is 19.2 Å². The van der Waals surface area contributed by atoms with Gasteiger partial charge in [0.15, 0.2) is 0 Å². The van der Waals surface area contributed by atoms with Crippen molar-refractivity contribution in [3.63, 3.8) is 0 Å². The number of benzene rings is 2. The summed E-state index contributed by atoms with van der Waals surface area (Å²) in [7, 11) is 0. The zero-order valence-electron chi connectivity index (χ0n) is 17.3. The van der Waals surface area contributed by atoms with Crippen LogP contribution in [0.3, 0.4) is 0 Å². The molecule has 1 fully saturated rings. The molecule has 0 saturated carbocycles. The monoisotopic (exact) mass is 463 g/mol. The lowest BCUT2D eigenvalue weighted by atomic mass is 10.1. The molecule has 4 amide bonds. The van der Waals surface area contributed by atoms with Crippen LogP contribution in [-0.4, -0.2) is 35.1 Å². The van der Waals surface area contributed by atoms with E-state index in [1.807, 2.05) is 0 Å². The Balaban J connectivity index is 1.37. The van der Waals surface area contributed by atoms with Gasteiger partial charge < -0.3 is 14.6 Å². The number of halogens is 1. The van der Waals surface area contributed by atoms with Crippen molar-refractivity contribution in [1.29, 1.82) is 0 Å². The fourth-order valence-corrected chi connectivity index (χ4v) is 4.19. The normalized spacial score (nSPS) is 15.4. The first-order chi connectivity index (χ1) is 15.9. The quantitative estimate of drug-likeness (QED) is 0.574. The Morgan fingerprint density at radius 3 is 2.58 bits per heavy atom. The van der Waals surface area contributed by atoms with Crippen LogP contribution in [0.4, 0.5) is 11.4 Å². The summed E-state index contributed by atoms with van der Waals surface area (Å²) in [5, 5.41) is 3.05. The molecule has 0 bridgehead atoms. The summed E-state index contributed by atoms with van der Waals surface area (Å²) in [6, 6.07) is 12.7. The van der Waals surface area contributed by atoms with Crippen molar-refractivity contribution < 1.29 is 23.6 Å². The van der Waals surface area contributed by atoms with E-state index in [0.717, 1.165) is 11.3 Å². The van der Waals surface area contributed by atoms with Gasteiger partial charge in [0, 0.05) is 24.2 Å². The number of hydrogen-bond donors (Lipinski definition) is 1. The Morgan fingerprint density at radius 2 is 1.85 bits per heavy atom. The number of amides is 4. The molecule has 2 aliphatic heterocycles. The van der Waals surface area contributed by atoms with E-state index < -0.39 is 17.7 Å². The minimum Gasteiger partial charge on any atom is -0.467 e. The minimum absolute atomic E-state index is 0.0124. The predicted molar refractivity (Wildman–Crippen MR) is 120 cm³/mol. The average molecular weight is 464 g/mol. The molecular formula is C24H18ClN3O5. The number of hydrogen-bond acceptors (Lipinski definition) is 5. The summed E-state index contributed by atoms with van der Waals surface area (Å²) >= 11 is 6.26. The van der Waals surface area contributed by atoms with Gasteiger partial charge in [-0.1, -0.05) is 11.6 Å². The Kier molecular flexibility index (Phi) is 5.22. The van der Waals surface area contributed by atoms with Gasteiger partial charge in [0.1, 0.15) is 5.76 Å². The third-order valence-electron chi connectivity index (χ3n) is 5.71. The second-order valence-electron chi connectivity index (χ2n) is 7.80. The molecule has 3 aromatic rings. The molecule has 9 heteroatoms. The van der Waals surface area contributed by atoms with Gasteiger partial charge in [-0.2, -0.15) is 0 Å². The smallest absolute Gasteiger partial charge is 0.261 e. The maximum Gasteiger partial charge on any atom is 0.261 e. The molecular weight excluding hydrogens is 446 g/mol. The van der Waals surface area contributed by atoms with Gasteiger partial charge in [-0.25, -0.2) is 0 Å². The number of nitrogens with one attached hydrogen (secondary N) is 1. The maximum absolute atomic E-state index is 12.9. The molecule has 1 N–H and O–H groups in total. The Hall–Kier alpha value is -3.91. The third-order valence-corrected chi connectivity index (χ3v) is 6.04. The van der Waals surface area contributed by atoms with E-state index in [1.54, 1.807) is 35.2 Å². The SMILES string of the molecule is O=C(Nc1cc(N2CCCC2=O)ccc1Cl)c1ccc2c(c1)C(=O)N(Cc1ccco1)C2=O. The van der Waals surface area contributed by atoms with Gasteiger partial charge in [0.25, 0.3) is 17.7 Å². The van der Waals surface area contributed by atoms with E-state index in [-0.39, 0.29) is 29.1 Å². The van der Waals surface area contributed by atoms with Gasteiger partial charge in [-0.15, -0.1) is 0 Å². The van der Waals surface area contributed by atoms with Crippen molar-refractivity contribution in [2.24, 2.45) is 0 Å². The maximum atomic E-state index is 12.9. The molecule has 1 aromatic heterocycles. The predicted octanol–water partition coefficient (Wildman–Crippen LogP) is 4.11. The van der Waals surface area contributed by atoms with Crippen LogP contribution < -0.4 is 10.2 Å². The molecule has 33 heavy (non-hydrogen) atoms. The molecule has 0 aliphatic carbocycles. The van der Waals surface area contributed by atoms with Gasteiger partial charge in [-0.3, -0.25) is 24.1 Å². The molecule has 166 valence electrons. The van der Waals surface area contributed by atoms with E-state index >= 15 is 0 Å². The van der Waals surface area contributed by atoms with Crippen LogP contribution in [0, 0.1) is 0 Å². The lowest BCUT2D eigenvalue weighted by Crippen LogP contribution is -2.28. The third kappa shape index (κ3) is 3.78. The van der Waals surface area contributed by atoms with Gasteiger partial charge in [0.05, 0.1) is 34.6 Å². The lowest BCUT2D eigenvalue weighted by Gasteiger charge is -2.17. The number of nitrogens with zero attached hydrogens (tertiary/aromatic N) is 2. The van der Waals surface area contributed by atoms with E-state index in [2.05, 4.69) is 5.32 Å². The minimum atomic E-state index is -0.492. The summed E-state index contributed by atoms with van der Waals surface area (Å²) in [4.78, 5) is 53.2. The number of carbonyl (C=O) groups is 4. The highest BCUT2D eigenvalue weighted by atomic mass is 35.5. The summed E-state index contributed by atoms with van der Waals surface area (Å²) in [5.41, 5.74) is 1.59. The summed E-state index contributed by atoms with van der Waals surface area (Å²) in [5.74, 6) is -0.920. The topological polar surface area (TPSA) is 99.9 Å². The van der Waals surface area contributed by atoms with Crippen molar-refractivity contribution in [2.45, 2.75) is 19.4 Å². The number of carbonyl (C=O) groups excluding carboxylic acids is 4. The summed E-state index contributed by atoms with van der Waals surface area (Å²) in [6.45, 7) is 0.627. The summed E-state index contributed by atoms with van der Waals surface area (Å²) in [6.07, 6.45) is 2.74. The molecule has 2 aliphatic rings. The number of fused-ring (bicyclic) bond motifs is 1. The van der Waals surface area contributed by atoms with Crippen molar-refractivity contribution in [3.05, 3.63) is 82.3 Å². The van der Waals surface area contributed by atoms with E-state index in [4.69, 9.17) is 16.0 Å². The zero-order chi connectivity index (χ0) is 23.1. The number of anilines is 2. The van der Waals surface area contributed by atoms with Crippen LogP contribution in [0.25, 0.3) is 0 Å². The average Bonchev–Trinajstić information content (AvgIpc) is 3.53. The second kappa shape index (κ2) is 8.22. The van der Waals surface area contributed by atoms with Gasteiger partial charge in [-0.05, 0) is 55.0 Å². The van der Waals surface area contributed by atoms with Crippen LogP contribution >= 0.6 is 11.6 Å². The first-order valence-corrected chi connectivity index (χ1v) is 10.7. The second-order valence-corrected chi connectivity index (χ2v) is 8.21. The lowest BCUT2D eigenvalue weighted by molar-refractivity contribution is -0.117. The molecule has 0 atom stereocenters. The van der Waals surface area contributed by atoms with Gasteiger partial charge in [0.2, 0.25) is 5.91 Å². The molecule has 8 nitrogen and oxygen atoms in total. The van der Waals surface area contributed by atoms with Crippen molar-refractivity contribution >= 4 is 46.6 Å². The largest absolute Gasteiger partial charge is 0.467 e. The molecule has 0 unspecified atom stereocenters. The van der Waals surface area contributed by atoms with Crippen LogP contribution in [-0.2, 0) is 11.3 Å². The van der Waals surface area contributed by atoms with Crippen LogP contribution in [0.1, 0.15) is 49.7 Å². The van der Waals surface area contributed by atoms with Crippen molar-refractivity contribution in [2.75, 3.05) is 16.8 Å². The van der Waals surface area contributed by atoms with Crippen LogP contribution in [0.5, 0.6) is 0 Å².